The van der Waals surface area contributed by atoms with Gasteiger partial charge in [0, 0.05) is 12.6 Å². The number of nitrogens with two attached hydrogens (primary N) is 1. The molecule has 0 radical (unpaired) electrons. The van der Waals surface area contributed by atoms with Gasteiger partial charge in [0.05, 0.1) is 6.61 Å². The van der Waals surface area contributed by atoms with Crippen molar-refractivity contribution in [2.24, 2.45) is 5.73 Å². The largest absolute Gasteiger partial charge is 0.379 e. The van der Waals surface area contributed by atoms with Crippen LogP contribution in [0, 0.1) is 0 Å². The summed E-state index contributed by atoms with van der Waals surface area (Å²) in [7, 11) is 0. The van der Waals surface area contributed by atoms with E-state index >= 15 is 0 Å². The molecule has 1 aromatic rings. The number of nitrogens with one attached hydrogen (secondary N) is 1. The minimum Gasteiger partial charge on any atom is -0.379 e. The highest BCUT2D eigenvalue weighted by Crippen LogP contribution is 2.22. The van der Waals surface area contributed by atoms with Crippen LogP contribution in [0.3, 0.4) is 0 Å². The summed E-state index contributed by atoms with van der Waals surface area (Å²) >= 11 is 0. The van der Waals surface area contributed by atoms with E-state index in [9.17, 15) is 4.79 Å². The predicted octanol–water partition coefficient (Wildman–Crippen LogP) is 2.18. The SMILES string of the molecule is CCCCOCC(NC(C)C)(C(N)=O)c1ccccc1. The molecular formula is C16H26N2O2. The molecule has 0 aromatic heterocycles. The average Bonchev–Trinajstić information content (AvgIpc) is 2.42. The topological polar surface area (TPSA) is 64.3 Å². The van der Waals surface area contributed by atoms with Crippen molar-refractivity contribution in [3.05, 3.63) is 35.9 Å². The van der Waals surface area contributed by atoms with Gasteiger partial charge in [-0.1, -0.05) is 43.7 Å². The highest BCUT2D eigenvalue weighted by molar-refractivity contribution is 5.86. The van der Waals surface area contributed by atoms with Crippen molar-refractivity contribution in [1.82, 2.24) is 5.32 Å². The summed E-state index contributed by atoms with van der Waals surface area (Å²) in [5, 5.41) is 3.29. The lowest BCUT2D eigenvalue weighted by Gasteiger charge is -2.34. The fourth-order valence-corrected chi connectivity index (χ4v) is 2.18. The van der Waals surface area contributed by atoms with E-state index in [0.717, 1.165) is 18.4 Å². The number of amides is 1. The van der Waals surface area contributed by atoms with E-state index in [1.54, 1.807) is 0 Å². The van der Waals surface area contributed by atoms with Crippen molar-refractivity contribution < 1.29 is 9.53 Å². The van der Waals surface area contributed by atoms with Crippen molar-refractivity contribution >= 4 is 5.91 Å². The molecule has 4 nitrogen and oxygen atoms in total. The van der Waals surface area contributed by atoms with Crippen LogP contribution in [-0.2, 0) is 15.1 Å². The van der Waals surface area contributed by atoms with E-state index in [2.05, 4.69) is 12.2 Å². The number of ether oxygens (including phenoxy) is 1. The zero-order chi connectivity index (χ0) is 15.0. The smallest absolute Gasteiger partial charge is 0.244 e. The molecule has 112 valence electrons. The second kappa shape index (κ2) is 8.02. The third-order valence-corrected chi connectivity index (χ3v) is 3.18. The summed E-state index contributed by atoms with van der Waals surface area (Å²) in [5.74, 6) is -0.408. The van der Waals surface area contributed by atoms with E-state index in [1.807, 2.05) is 44.2 Å². The maximum absolute atomic E-state index is 12.1. The Balaban J connectivity index is 2.99. The normalized spacial score (nSPS) is 14.2. The van der Waals surface area contributed by atoms with E-state index in [1.165, 1.54) is 0 Å². The molecule has 1 rings (SSSR count). The molecule has 0 saturated heterocycles. The summed E-state index contributed by atoms with van der Waals surface area (Å²) in [6.07, 6.45) is 2.04. The Bertz CT molecular complexity index is 406. The molecule has 0 aliphatic carbocycles. The summed E-state index contributed by atoms with van der Waals surface area (Å²) in [4.78, 5) is 12.1. The van der Waals surface area contributed by atoms with Crippen LogP contribution in [0.4, 0.5) is 0 Å². The molecule has 1 unspecified atom stereocenters. The highest BCUT2D eigenvalue weighted by Gasteiger charge is 2.39. The number of unbranched alkanes of at least 4 members (excludes halogenated alkanes) is 1. The Morgan fingerprint density at radius 3 is 2.50 bits per heavy atom. The third-order valence-electron chi connectivity index (χ3n) is 3.18. The van der Waals surface area contributed by atoms with Crippen LogP contribution in [0.2, 0.25) is 0 Å². The lowest BCUT2D eigenvalue weighted by molar-refractivity contribution is -0.128. The first-order chi connectivity index (χ1) is 9.53. The fraction of sp³-hybridized carbons (Fsp3) is 0.562. The molecule has 1 amide bonds. The van der Waals surface area contributed by atoms with E-state index in [0.29, 0.717) is 6.61 Å². The number of carbonyl (C=O) groups is 1. The molecule has 4 heteroatoms. The molecule has 1 atom stereocenters. The van der Waals surface area contributed by atoms with Gasteiger partial charge in [-0.15, -0.1) is 0 Å². The maximum atomic E-state index is 12.1. The van der Waals surface area contributed by atoms with E-state index in [-0.39, 0.29) is 12.6 Å². The number of hydrogen-bond acceptors (Lipinski definition) is 3. The number of benzene rings is 1. The molecule has 1 aromatic carbocycles. The quantitative estimate of drug-likeness (QED) is 0.681. The van der Waals surface area contributed by atoms with Crippen LogP contribution in [0.5, 0.6) is 0 Å². The molecule has 3 N–H and O–H groups in total. The van der Waals surface area contributed by atoms with Crippen molar-refractivity contribution in [3.8, 4) is 0 Å². The Morgan fingerprint density at radius 1 is 1.35 bits per heavy atom. The number of hydrogen-bond donors (Lipinski definition) is 2. The second-order valence-electron chi connectivity index (χ2n) is 5.34. The molecule has 20 heavy (non-hydrogen) atoms. The van der Waals surface area contributed by atoms with Gasteiger partial charge in [0.25, 0.3) is 0 Å². The van der Waals surface area contributed by atoms with Crippen molar-refractivity contribution in [2.45, 2.75) is 45.2 Å². The minimum atomic E-state index is -0.969. The fourth-order valence-electron chi connectivity index (χ4n) is 2.18. The Labute approximate surface area is 121 Å². The average molecular weight is 278 g/mol. The third kappa shape index (κ3) is 4.32. The van der Waals surface area contributed by atoms with Gasteiger partial charge in [-0.25, -0.2) is 0 Å². The van der Waals surface area contributed by atoms with Gasteiger partial charge in [-0.05, 0) is 25.8 Å². The number of rotatable bonds is 9. The molecule has 0 heterocycles. The van der Waals surface area contributed by atoms with Crippen molar-refractivity contribution in [3.63, 3.8) is 0 Å². The molecular weight excluding hydrogens is 252 g/mol. The first kappa shape index (κ1) is 16.7. The van der Waals surface area contributed by atoms with Gasteiger partial charge in [-0.3, -0.25) is 10.1 Å². The zero-order valence-electron chi connectivity index (χ0n) is 12.7. The second-order valence-corrected chi connectivity index (χ2v) is 5.34. The lowest BCUT2D eigenvalue weighted by Crippen LogP contribution is -2.58. The van der Waals surface area contributed by atoms with Gasteiger partial charge in [-0.2, -0.15) is 0 Å². The molecule has 0 spiro atoms. The van der Waals surface area contributed by atoms with Crippen LogP contribution < -0.4 is 11.1 Å². The zero-order valence-corrected chi connectivity index (χ0v) is 12.7. The Kier molecular flexibility index (Phi) is 6.68. The van der Waals surface area contributed by atoms with Crippen LogP contribution in [0.25, 0.3) is 0 Å². The molecule has 0 aliphatic heterocycles. The summed E-state index contributed by atoms with van der Waals surface area (Å²) in [5.41, 5.74) is 5.56. The minimum absolute atomic E-state index is 0.123. The first-order valence-electron chi connectivity index (χ1n) is 7.23. The van der Waals surface area contributed by atoms with Crippen LogP contribution in [-0.4, -0.2) is 25.2 Å². The molecule has 0 aliphatic rings. The van der Waals surface area contributed by atoms with E-state index in [4.69, 9.17) is 10.5 Å². The summed E-state index contributed by atoms with van der Waals surface area (Å²) in [6, 6.07) is 9.66. The monoisotopic (exact) mass is 278 g/mol. The highest BCUT2D eigenvalue weighted by atomic mass is 16.5. The standard InChI is InChI=1S/C16H26N2O2/c1-4-5-11-20-12-16(15(17)19,18-13(2)3)14-9-7-6-8-10-14/h6-10,13,18H,4-5,11-12H2,1-3H3,(H2,17,19). The lowest BCUT2D eigenvalue weighted by atomic mass is 9.89. The van der Waals surface area contributed by atoms with E-state index < -0.39 is 11.4 Å². The van der Waals surface area contributed by atoms with Gasteiger partial charge in [0.1, 0.15) is 5.54 Å². The van der Waals surface area contributed by atoms with Gasteiger partial charge >= 0.3 is 0 Å². The Hall–Kier alpha value is -1.39. The number of primary amides is 1. The van der Waals surface area contributed by atoms with Gasteiger partial charge < -0.3 is 10.5 Å². The molecule has 0 bridgehead atoms. The van der Waals surface area contributed by atoms with Crippen molar-refractivity contribution in [1.29, 1.82) is 0 Å². The van der Waals surface area contributed by atoms with Gasteiger partial charge in [0.15, 0.2) is 0 Å². The van der Waals surface area contributed by atoms with Gasteiger partial charge in [0.2, 0.25) is 5.91 Å². The van der Waals surface area contributed by atoms with Crippen LogP contribution >= 0.6 is 0 Å². The molecule has 0 saturated carbocycles. The first-order valence-corrected chi connectivity index (χ1v) is 7.23. The maximum Gasteiger partial charge on any atom is 0.244 e. The summed E-state index contributed by atoms with van der Waals surface area (Å²) < 4.78 is 5.69. The Morgan fingerprint density at radius 2 is 2.00 bits per heavy atom. The van der Waals surface area contributed by atoms with Crippen molar-refractivity contribution in [2.75, 3.05) is 13.2 Å². The predicted molar refractivity (Wildman–Crippen MR) is 81.3 cm³/mol. The number of carbonyl (C=O) groups excluding carboxylic acids is 1. The van der Waals surface area contributed by atoms with Crippen LogP contribution in [0.1, 0.15) is 39.2 Å². The molecule has 0 fully saturated rings. The van der Waals surface area contributed by atoms with Crippen LogP contribution in [0.15, 0.2) is 30.3 Å². The summed E-state index contributed by atoms with van der Waals surface area (Å²) in [6.45, 7) is 6.98.